The van der Waals surface area contributed by atoms with Gasteiger partial charge in [0.15, 0.2) is 0 Å². The van der Waals surface area contributed by atoms with Gasteiger partial charge < -0.3 is 15.7 Å². The first kappa shape index (κ1) is 15.4. The van der Waals surface area contributed by atoms with Crippen LogP contribution >= 0.6 is 11.3 Å². The molecule has 112 valence electrons. The summed E-state index contributed by atoms with van der Waals surface area (Å²) in [5, 5.41) is 12.3. The first-order valence-corrected chi connectivity index (χ1v) is 8.07. The number of rotatable bonds is 6. The van der Waals surface area contributed by atoms with Gasteiger partial charge in [-0.3, -0.25) is 4.79 Å². The summed E-state index contributed by atoms with van der Waals surface area (Å²) in [7, 11) is 0. The zero-order chi connectivity index (χ0) is 14.5. The van der Waals surface area contributed by atoms with Crippen molar-refractivity contribution >= 4 is 17.3 Å². The fraction of sp³-hybridized carbons (Fsp3) is 0.714. The van der Waals surface area contributed by atoms with E-state index < -0.39 is 5.97 Å². The Hall–Kier alpha value is -0.980. The second-order valence-electron chi connectivity index (χ2n) is 5.53. The smallest absolute Gasteiger partial charge is 0.306 e. The molecule has 0 spiro atoms. The van der Waals surface area contributed by atoms with Gasteiger partial charge in [-0.2, -0.15) is 0 Å². The average Bonchev–Trinajstić information content (AvgIpc) is 2.88. The van der Waals surface area contributed by atoms with Gasteiger partial charge in [-0.1, -0.05) is 6.92 Å². The number of hydrogen-bond donors (Lipinski definition) is 2. The summed E-state index contributed by atoms with van der Waals surface area (Å²) in [6.45, 7) is 5.54. The Morgan fingerprint density at radius 2 is 2.30 bits per heavy atom. The van der Waals surface area contributed by atoms with Gasteiger partial charge in [-0.25, -0.2) is 4.98 Å². The summed E-state index contributed by atoms with van der Waals surface area (Å²) >= 11 is 1.70. The Kier molecular flexibility index (Phi) is 5.51. The maximum absolute atomic E-state index is 10.9. The van der Waals surface area contributed by atoms with Crippen LogP contribution in [0.3, 0.4) is 0 Å². The minimum absolute atomic E-state index is 0.155. The van der Waals surface area contributed by atoms with Crippen LogP contribution in [0.15, 0.2) is 5.38 Å². The highest BCUT2D eigenvalue weighted by atomic mass is 32.1. The fourth-order valence-corrected chi connectivity index (χ4v) is 3.54. The zero-order valence-electron chi connectivity index (χ0n) is 11.9. The number of aromatic nitrogens is 1. The number of nitrogens with zero attached hydrogens (tertiary/aromatic N) is 2. The molecule has 1 saturated heterocycles. The van der Waals surface area contributed by atoms with Crippen molar-refractivity contribution in [3.05, 3.63) is 16.1 Å². The molecule has 0 aromatic carbocycles. The highest BCUT2D eigenvalue weighted by Gasteiger charge is 2.25. The normalized spacial score (nSPS) is 19.1. The van der Waals surface area contributed by atoms with E-state index in [1.54, 1.807) is 11.3 Å². The van der Waals surface area contributed by atoms with E-state index in [9.17, 15) is 4.79 Å². The first-order chi connectivity index (χ1) is 9.60. The molecule has 1 unspecified atom stereocenters. The molecular formula is C14H23N3O2S. The number of likely N-dealkylation sites (tertiary alicyclic amines) is 1. The van der Waals surface area contributed by atoms with E-state index in [1.165, 1.54) is 0 Å². The fourth-order valence-electron chi connectivity index (χ4n) is 2.64. The van der Waals surface area contributed by atoms with E-state index in [2.05, 4.69) is 22.2 Å². The summed E-state index contributed by atoms with van der Waals surface area (Å²) in [6, 6.07) is 0. The minimum atomic E-state index is -0.649. The van der Waals surface area contributed by atoms with E-state index in [1.807, 2.05) is 0 Å². The Balaban J connectivity index is 1.82. The molecule has 1 aliphatic heterocycles. The van der Waals surface area contributed by atoms with Crippen LogP contribution in [0.1, 0.15) is 36.4 Å². The molecule has 0 saturated carbocycles. The molecule has 0 radical (unpaired) electrons. The highest BCUT2D eigenvalue weighted by molar-refractivity contribution is 7.09. The number of thiazole rings is 1. The van der Waals surface area contributed by atoms with Crippen molar-refractivity contribution in [3.8, 4) is 0 Å². The Morgan fingerprint density at radius 1 is 1.60 bits per heavy atom. The summed E-state index contributed by atoms with van der Waals surface area (Å²) in [6.07, 6.45) is 2.36. The van der Waals surface area contributed by atoms with Gasteiger partial charge in [0, 0.05) is 24.3 Å². The van der Waals surface area contributed by atoms with Crippen LogP contribution in [-0.2, 0) is 11.2 Å². The third-order valence-electron chi connectivity index (χ3n) is 3.86. The van der Waals surface area contributed by atoms with Crippen LogP contribution < -0.4 is 5.73 Å². The molecule has 1 fully saturated rings. The SMILES string of the molecule is CC(CN1CCC(C(=O)O)CC1)c1nc(CCN)cs1. The van der Waals surface area contributed by atoms with Crippen molar-refractivity contribution in [1.29, 1.82) is 0 Å². The molecule has 1 aromatic rings. The van der Waals surface area contributed by atoms with Crippen molar-refractivity contribution in [3.63, 3.8) is 0 Å². The Bertz CT molecular complexity index is 441. The monoisotopic (exact) mass is 297 g/mol. The number of carbonyl (C=O) groups is 1. The molecule has 5 nitrogen and oxygen atoms in total. The number of carboxylic acid groups (broad SMARTS) is 1. The lowest BCUT2D eigenvalue weighted by Gasteiger charge is -2.31. The van der Waals surface area contributed by atoms with Gasteiger partial charge in [0.1, 0.15) is 0 Å². The molecule has 1 atom stereocenters. The number of nitrogens with two attached hydrogens (primary N) is 1. The van der Waals surface area contributed by atoms with Crippen molar-refractivity contribution in [2.24, 2.45) is 11.7 Å². The summed E-state index contributed by atoms with van der Waals surface area (Å²) in [5.41, 5.74) is 6.63. The van der Waals surface area contributed by atoms with Gasteiger partial charge >= 0.3 is 5.97 Å². The predicted octanol–water partition coefficient (Wildman–Crippen LogP) is 1.54. The maximum Gasteiger partial charge on any atom is 0.306 e. The third-order valence-corrected chi connectivity index (χ3v) is 4.99. The van der Waals surface area contributed by atoms with Crippen LogP contribution in [0.2, 0.25) is 0 Å². The van der Waals surface area contributed by atoms with E-state index in [-0.39, 0.29) is 5.92 Å². The molecule has 6 heteroatoms. The van der Waals surface area contributed by atoms with Crippen LogP contribution in [-0.4, -0.2) is 47.1 Å². The zero-order valence-corrected chi connectivity index (χ0v) is 12.7. The summed E-state index contributed by atoms with van der Waals surface area (Å²) in [5.74, 6) is -0.408. The van der Waals surface area contributed by atoms with Crippen LogP contribution in [0, 0.1) is 5.92 Å². The van der Waals surface area contributed by atoms with Crippen LogP contribution in [0.5, 0.6) is 0 Å². The minimum Gasteiger partial charge on any atom is -0.481 e. The highest BCUT2D eigenvalue weighted by Crippen LogP contribution is 2.24. The van der Waals surface area contributed by atoms with Gasteiger partial charge in [-0.05, 0) is 32.5 Å². The molecule has 2 heterocycles. The summed E-state index contributed by atoms with van der Waals surface area (Å²) in [4.78, 5) is 17.9. The molecule has 20 heavy (non-hydrogen) atoms. The van der Waals surface area contributed by atoms with Gasteiger partial charge in [0.2, 0.25) is 0 Å². The molecule has 0 bridgehead atoms. The van der Waals surface area contributed by atoms with E-state index in [0.717, 1.165) is 49.6 Å². The molecule has 0 aliphatic carbocycles. The van der Waals surface area contributed by atoms with Gasteiger partial charge in [-0.15, -0.1) is 11.3 Å². The van der Waals surface area contributed by atoms with Gasteiger partial charge in [0.25, 0.3) is 0 Å². The van der Waals surface area contributed by atoms with Crippen molar-refractivity contribution in [1.82, 2.24) is 9.88 Å². The Morgan fingerprint density at radius 3 is 2.90 bits per heavy atom. The quantitative estimate of drug-likeness (QED) is 0.832. The van der Waals surface area contributed by atoms with Crippen molar-refractivity contribution < 1.29 is 9.90 Å². The van der Waals surface area contributed by atoms with E-state index in [0.29, 0.717) is 12.5 Å². The van der Waals surface area contributed by atoms with Gasteiger partial charge in [0.05, 0.1) is 16.6 Å². The lowest BCUT2D eigenvalue weighted by atomic mass is 9.96. The van der Waals surface area contributed by atoms with Crippen LogP contribution in [0.4, 0.5) is 0 Å². The topological polar surface area (TPSA) is 79.5 Å². The average molecular weight is 297 g/mol. The Labute approximate surface area is 123 Å². The van der Waals surface area contributed by atoms with E-state index >= 15 is 0 Å². The summed E-state index contributed by atoms with van der Waals surface area (Å²) < 4.78 is 0. The number of hydrogen-bond acceptors (Lipinski definition) is 5. The standard InChI is InChI=1S/C14H23N3O2S/c1-10(13-16-12(2-5-15)9-20-13)8-17-6-3-11(4-7-17)14(18)19/h9-11H,2-8,15H2,1H3,(H,18,19). The molecule has 1 aromatic heterocycles. The molecule has 3 N–H and O–H groups in total. The molecule has 0 amide bonds. The molecular weight excluding hydrogens is 274 g/mol. The predicted molar refractivity (Wildman–Crippen MR) is 80.1 cm³/mol. The third kappa shape index (κ3) is 4.01. The number of piperidine rings is 1. The second kappa shape index (κ2) is 7.15. The van der Waals surface area contributed by atoms with E-state index in [4.69, 9.17) is 10.8 Å². The van der Waals surface area contributed by atoms with Crippen molar-refractivity contribution in [2.45, 2.75) is 32.1 Å². The van der Waals surface area contributed by atoms with Crippen molar-refractivity contribution in [2.75, 3.05) is 26.2 Å². The molecule has 1 aliphatic rings. The second-order valence-corrected chi connectivity index (χ2v) is 6.42. The maximum atomic E-state index is 10.9. The lowest BCUT2D eigenvalue weighted by Crippen LogP contribution is -2.38. The largest absolute Gasteiger partial charge is 0.481 e. The number of carboxylic acids is 1. The lowest BCUT2D eigenvalue weighted by molar-refractivity contribution is -0.143. The number of aliphatic carboxylic acids is 1. The molecule has 2 rings (SSSR count). The van der Waals surface area contributed by atoms with Crippen LogP contribution in [0.25, 0.3) is 0 Å². The first-order valence-electron chi connectivity index (χ1n) is 7.19.